The van der Waals surface area contributed by atoms with Gasteiger partial charge in [0, 0.05) is 38.6 Å². The molecule has 0 aliphatic carbocycles. The van der Waals surface area contributed by atoms with Crippen LogP contribution in [0.4, 0.5) is 0 Å². The van der Waals surface area contributed by atoms with Gasteiger partial charge in [-0.15, -0.1) is 0 Å². The summed E-state index contributed by atoms with van der Waals surface area (Å²) in [6.45, 7) is 2.56. The van der Waals surface area contributed by atoms with E-state index in [0.29, 0.717) is 6.54 Å². The molecule has 6 nitrogen and oxygen atoms in total. The number of fused-ring (bicyclic) bond motifs is 1. The number of benzene rings is 2. The van der Waals surface area contributed by atoms with Gasteiger partial charge < -0.3 is 9.13 Å². The smallest absolute Gasteiger partial charge is 0.253 e. The van der Waals surface area contributed by atoms with E-state index in [1.807, 2.05) is 50.8 Å². The average Bonchev–Trinajstić information content (AvgIpc) is 3.35. The van der Waals surface area contributed by atoms with Gasteiger partial charge in [-0.25, -0.2) is 4.98 Å². The highest BCUT2D eigenvalue weighted by Gasteiger charge is 2.16. The van der Waals surface area contributed by atoms with Gasteiger partial charge in [0.25, 0.3) is 5.56 Å². The summed E-state index contributed by atoms with van der Waals surface area (Å²) in [6.07, 6.45) is 5.72. The number of pyridine rings is 1. The molecule has 3 aromatic heterocycles. The van der Waals surface area contributed by atoms with E-state index in [-0.39, 0.29) is 5.56 Å². The van der Waals surface area contributed by atoms with Crippen LogP contribution in [0, 0.1) is 6.92 Å². The van der Waals surface area contributed by atoms with Crippen molar-refractivity contribution < 1.29 is 0 Å². The standard InChI is InChI=1S/C25H23N5O/c1-17-11-20(15-28(2)25(17)31)19-9-10-22-23(12-19)30(14-18-7-5-4-6-8-18)24(27-22)21-13-26-29(3)16-21/h4-13,15-16H,14H2,1-3H3. The number of imidazole rings is 1. The van der Waals surface area contributed by atoms with E-state index in [4.69, 9.17) is 4.98 Å². The molecule has 31 heavy (non-hydrogen) atoms. The third kappa shape index (κ3) is 3.46. The van der Waals surface area contributed by atoms with Crippen LogP contribution in [0.2, 0.25) is 0 Å². The molecule has 0 aliphatic heterocycles. The highest BCUT2D eigenvalue weighted by atomic mass is 16.1. The quantitative estimate of drug-likeness (QED) is 0.448. The Morgan fingerprint density at radius 2 is 1.71 bits per heavy atom. The molecule has 0 amide bonds. The van der Waals surface area contributed by atoms with Crippen LogP contribution >= 0.6 is 0 Å². The Morgan fingerprint density at radius 3 is 2.42 bits per heavy atom. The first-order valence-corrected chi connectivity index (χ1v) is 10.2. The van der Waals surface area contributed by atoms with Gasteiger partial charge in [-0.2, -0.15) is 5.10 Å². The van der Waals surface area contributed by atoms with Crippen molar-refractivity contribution in [3.05, 3.63) is 94.7 Å². The Hall–Kier alpha value is -3.93. The minimum absolute atomic E-state index is 0.0258. The first-order valence-electron chi connectivity index (χ1n) is 10.2. The summed E-state index contributed by atoms with van der Waals surface area (Å²) in [5, 5.41) is 4.34. The van der Waals surface area contributed by atoms with E-state index in [0.717, 1.165) is 39.1 Å². The highest BCUT2D eigenvalue weighted by molar-refractivity contribution is 5.85. The lowest BCUT2D eigenvalue weighted by molar-refractivity contribution is 0.767. The molecule has 0 fully saturated rings. The van der Waals surface area contributed by atoms with Crippen LogP contribution in [0.1, 0.15) is 11.1 Å². The van der Waals surface area contributed by atoms with Crippen molar-refractivity contribution in [2.75, 3.05) is 0 Å². The Morgan fingerprint density at radius 1 is 0.903 bits per heavy atom. The van der Waals surface area contributed by atoms with Crippen LogP contribution in [-0.4, -0.2) is 23.9 Å². The summed E-state index contributed by atoms with van der Waals surface area (Å²) in [5.74, 6) is 0.890. The first kappa shape index (κ1) is 19.1. The molecule has 0 spiro atoms. The molecule has 0 saturated carbocycles. The molecule has 0 bridgehead atoms. The summed E-state index contributed by atoms with van der Waals surface area (Å²) in [6, 6.07) is 18.6. The van der Waals surface area contributed by atoms with Crippen molar-refractivity contribution >= 4 is 11.0 Å². The van der Waals surface area contributed by atoms with Crippen LogP contribution < -0.4 is 5.56 Å². The van der Waals surface area contributed by atoms with Gasteiger partial charge in [0.1, 0.15) is 5.82 Å². The lowest BCUT2D eigenvalue weighted by Crippen LogP contribution is -2.18. The number of aryl methyl sites for hydroxylation is 3. The monoisotopic (exact) mass is 409 g/mol. The predicted octanol–water partition coefficient (Wildman–Crippen LogP) is 4.16. The Bertz CT molecular complexity index is 1430. The summed E-state index contributed by atoms with van der Waals surface area (Å²) < 4.78 is 5.66. The number of hydrogen-bond donors (Lipinski definition) is 0. The van der Waals surface area contributed by atoms with Gasteiger partial charge in [-0.05, 0) is 41.8 Å². The molecule has 0 aliphatic rings. The van der Waals surface area contributed by atoms with E-state index < -0.39 is 0 Å². The van der Waals surface area contributed by atoms with E-state index in [2.05, 4.69) is 46.1 Å². The Balaban J connectivity index is 1.71. The third-order valence-corrected chi connectivity index (χ3v) is 5.59. The molecule has 5 rings (SSSR count). The largest absolute Gasteiger partial charge is 0.319 e. The number of aromatic nitrogens is 5. The fraction of sp³-hybridized carbons (Fsp3) is 0.160. The molecular weight excluding hydrogens is 386 g/mol. The van der Waals surface area contributed by atoms with Crippen LogP contribution in [-0.2, 0) is 20.6 Å². The van der Waals surface area contributed by atoms with E-state index in [9.17, 15) is 4.79 Å². The molecule has 2 aromatic carbocycles. The Kier molecular flexibility index (Phi) is 4.55. The van der Waals surface area contributed by atoms with Crippen molar-refractivity contribution in [1.82, 2.24) is 23.9 Å². The van der Waals surface area contributed by atoms with Gasteiger partial charge in [0.2, 0.25) is 0 Å². The number of nitrogens with zero attached hydrogens (tertiary/aromatic N) is 5. The van der Waals surface area contributed by atoms with Crippen molar-refractivity contribution in [3.63, 3.8) is 0 Å². The molecule has 0 saturated heterocycles. The van der Waals surface area contributed by atoms with Gasteiger partial charge in [-0.3, -0.25) is 9.48 Å². The second-order valence-electron chi connectivity index (χ2n) is 7.94. The van der Waals surface area contributed by atoms with Gasteiger partial charge >= 0.3 is 0 Å². The van der Waals surface area contributed by atoms with E-state index in [1.165, 1.54) is 5.56 Å². The minimum Gasteiger partial charge on any atom is -0.319 e. The lowest BCUT2D eigenvalue weighted by Gasteiger charge is -2.10. The number of rotatable bonds is 4. The highest BCUT2D eigenvalue weighted by Crippen LogP contribution is 2.29. The normalized spacial score (nSPS) is 11.3. The summed E-state index contributed by atoms with van der Waals surface area (Å²) in [4.78, 5) is 17.1. The topological polar surface area (TPSA) is 57.6 Å². The van der Waals surface area contributed by atoms with Crippen LogP contribution in [0.15, 0.2) is 78.0 Å². The zero-order valence-electron chi connectivity index (χ0n) is 17.8. The molecule has 0 radical (unpaired) electrons. The zero-order valence-corrected chi connectivity index (χ0v) is 17.8. The van der Waals surface area contributed by atoms with Gasteiger partial charge in [0.05, 0.1) is 22.8 Å². The molecule has 5 aromatic rings. The number of hydrogen-bond acceptors (Lipinski definition) is 3. The third-order valence-electron chi connectivity index (χ3n) is 5.59. The van der Waals surface area contributed by atoms with Gasteiger partial charge in [0.15, 0.2) is 0 Å². The second kappa shape index (κ2) is 7.40. The van der Waals surface area contributed by atoms with Crippen LogP contribution in [0.5, 0.6) is 0 Å². The fourth-order valence-electron chi connectivity index (χ4n) is 4.02. The molecule has 0 unspecified atom stereocenters. The van der Waals surface area contributed by atoms with Crippen molar-refractivity contribution in [2.24, 2.45) is 14.1 Å². The minimum atomic E-state index is 0.0258. The fourth-order valence-corrected chi connectivity index (χ4v) is 4.02. The maximum absolute atomic E-state index is 12.1. The molecule has 0 N–H and O–H groups in total. The average molecular weight is 409 g/mol. The molecular formula is C25H23N5O. The maximum Gasteiger partial charge on any atom is 0.253 e. The molecule has 3 heterocycles. The SMILES string of the molecule is Cc1cc(-c2ccc3nc(-c4cnn(C)c4)n(Cc4ccccc4)c3c2)cn(C)c1=O. The van der Waals surface area contributed by atoms with Crippen molar-refractivity contribution in [2.45, 2.75) is 13.5 Å². The molecule has 154 valence electrons. The van der Waals surface area contributed by atoms with Crippen molar-refractivity contribution in [3.8, 4) is 22.5 Å². The predicted molar refractivity (Wildman–Crippen MR) is 123 cm³/mol. The van der Waals surface area contributed by atoms with Crippen LogP contribution in [0.25, 0.3) is 33.5 Å². The zero-order chi connectivity index (χ0) is 21.5. The lowest BCUT2D eigenvalue weighted by atomic mass is 10.1. The first-order chi connectivity index (χ1) is 15.0. The summed E-state index contributed by atoms with van der Waals surface area (Å²) >= 11 is 0. The summed E-state index contributed by atoms with van der Waals surface area (Å²) in [5.41, 5.74) is 6.98. The Labute approximate surface area is 180 Å². The summed E-state index contributed by atoms with van der Waals surface area (Å²) in [7, 11) is 3.70. The van der Waals surface area contributed by atoms with E-state index >= 15 is 0 Å². The molecule has 0 atom stereocenters. The van der Waals surface area contributed by atoms with E-state index in [1.54, 1.807) is 16.3 Å². The second-order valence-corrected chi connectivity index (χ2v) is 7.94. The van der Waals surface area contributed by atoms with Crippen LogP contribution in [0.3, 0.4) is 0 Å². The maximum atomic E-state index is 12.1. The van der Waals surface area contributed by atoms with Gasteiger partial charge in [-0.1, -0.05) is 36.4 Å². The molecule has 6 heteroatoms. The van der Waals surface area contributed by atoms with Crippen molar-refractivity contribution in [1.29, 1.82) is 0 Å².